The molecule has 0 aliphatic carbocycles. The second kappa shape index (κ2) is 6.85. The van der Waals surface area contributed by atoms with Crippen LogP contribution < -0.4 is 5.32 Å². The van der Waals surface area contributed by atoms with Gasteiger partial charge in [-0.3, -0.25) is 14.5 Å². The van der Waals surface area contributed by atoms with Crippen LogP contribution in [0.4, 0.5) is 4.79 Å². The second-order valence-electron chi connectivity index (χ2n) is 7.71. The van der Waals surface area contributed by atoms with Gasteiger partial charge in [-0.15, -0.1) is 0 Å². The van der Waals surface area contributed by atoms with Crippen LogP contribution >= 0.6 is 0 Å². The molecule has 0 radical (unpaired) electrons. The number of Topliss-reactive ketones (excluding diaryl/α,β-unsaturated/α-hetero) is 1. The van der Waals surface area contributed by atoms with Gasteiger partial charge in [0.25, 0.3) is 5.91 Å². The number of hydrogen-bond acceptors (Lipinski definition) is 3. The standard InChI is InChI=1S/C24H22N2O3/c1-15-11-12-16(2)19(13-15)21(27)14-26-22(28)24(3,25-23(26)29)20-10-6-8-17-7-4-5-9-18(17)20/h4-13H,14H2,1-3H3,(H,25,29)/t24-/m1/s1. The Kier molecular flexibility index (Phi) is 4.46. The van der Waals surface area contributed by atoms with Crippen LogP contribution in [0.25, 0.3) is 10.8 Å². The first kappa shape index (κ1) is 18.9. The maximum Gasteiger partial charge on any atom is 0.325 e. The van der Waals surface area contributed by atoms with E-state index in [1.165, 1.54) is 0 Å². The zero-order valence-electron chi connectivity index (χ0n) is 16.7. The molecule has 0 aromatic heterocycles. The summed E-state index contributed by atoms with van der Waals surface area (Å²) in [6.45, 7) is 5.16. The average Bonchev–Trinajstić information content (AvgIpc) is 2.93. The van der Waals surface area contributed by atoms with Gasteiger partial charge in [0.05, 0.1) is 6.54 Å². The Morgan fingerprint density at radius 1 is 1.00 bits per heavy atom. The van der Waals surface area contributed by atoms with Crippen molar-refractivity contribution >= 4 is 28.5 Å². The van der Waals surface area contributed by atoms with E-state index in [4.69, 9.17) is 0 Å². The number of nitrogens with zero attached hydrogens (tertiary/aromatic N) is 1. The van der Waals surface area contributed by atoms with Crippen molar-refractivity contribution in [2.75, 3.05) is 6.54 Å². The molecule has 0 spiro atoms. The first-order valence-corrected chi connectivity index (χ1v) is 9.54. The third-order valence-electron chi connectivity index (χ3n) is 5.60. The minimum absolute atomic E-state index is 0.253. The first-order valence-electron chi connectivity index (χ1n) is 9.54. The van der Waals surface area contributed by atoms with Gasteiger partial charge in [-0.2, -0.15) is 0 Å². The zero-order valence-corrected chi connectivity index (χ0v) is 16.7. The molecule has 5 nitrogen and oxygen atoms in total. The fraction of sp³-hybridized carbons (Fsp3) is 0.208. The first-order chi connectivity index (χ1) is 13.8. The molecule has 4 rings (SSSR count). The highest BCUT2D eigenvalue weighted by Gasteiger charge is 2.50. The number of imide groups is 1. The number of benzene rings is 3. The van der Waals surface area contributed by atoms with Crippen LogP contribution in [0.1, 0.15) is 34.0 Å². The van der Waals surface area contributed by atoms with Crippen LogP contribution in [-0.4, -0.2) is 29.2 Å². The minimum atomic E-state index is -1.22. The number of carbonyl (C=O) groups excluding carboxylic acids is 3. The zero-order chi connectivity index (χ0) is 20.8. The molecule has 1 fully saturated rings. The van der Waals surface area contributed by atoms with Gasteiger partial charge < -0.3 is 5.32 Å². The summed E-state index contributed by atoms with van der Waals surface area (Å²) >= 11 is 0. The van der Waals surface area contributed by atoms with Crippen molar-refractivity contribution in [1.82, 2.24) is 10.2 Å². The Morgan fingerprint density at radius 3 is 2.52 bits per heavy atom. The van der Waals surface area contributed by atoms with Crippen LogP contribution in [0.15, 0.2) is 60.7 Å². The van der Waals surface area contributed by atoms with Gasteiger partial charge in [0.2, 0.25) is 0 Å². The predicted molar refractivity (Wildman–Crippen MR) is 112 cm³/mol. The van der Waals surface area contributed by atoms with E-state index in [2.05, 4.69) is 5.32 Å². The summed E-state index contributed by atoms with van der Waals surface area (Å²) in [6, 6.07) is 18.4. The number of rotatable bonds is 4. The normalized spacial score (nSPS) is 18.9. The van der Waals surface area contributed by atoms with Crippen LogP contribution in [0.2, 0.25) is 0 Å². The lowest BCUT2D eigenvalue weighted by atomic mass is 9.87. The molecule has 1 N–H and O–H groups in total. The number of fused-ring (bicyclic) bond motifs is 1. The molecule has 146 valence electrons. The van der Waals surface area contributed by atoms with Crippen LogP contribution in [0.5, 0.6) is 0 Å². The average molecular weight is 386 g/mol. The monoisotopic (exact) mass is 386 g/mol. The van der Waals surface area contributed by atoms with Crippen LogP contribution in [-0.2, 0) is 10.3 Å². The molecule has 29 heavy (non-hydrogen) atoms. The van der Waals surface area contributed by atoms with E-state index in [1.54, 1.807) is 13.0 Å². The third-order valence-corrected chi connectivity index (χ3v) is 5.60. The number of aryl methyl sites for hydroxylation is 2. The molecule has 1 saturated heterocycles. The molecule has 3 amide bonds. The van der Waals surface area contributed by atoms with E-state index in [0.29, 0.717) is 5.56 Å². The summed E-state index contributed by atoms with van der Waals surface area (Å²) in [7, 11) is 0. The minimum Gasteiger partial charge on any atom is -0.319 e. The summed E-state index contributed by atoms with van der Waals surface area (Å²) in [5.41, 5.74) is 1.81. The van der Waals surface area contributed by atoms with E-state index in [0.717, 1.165) is 32.4 Å². The van der Waals surface area contributed by atoms with E-state index in [1.807, 2.05) is 68.4 Å². The molecular formula is C24H22N2O3. The Morgan fingerprint density at radius 2 is 1.72 bits per heavy atom. The maximum atomic E-state index is 13.3. The smallest absolute Gasteiger partial charge is 0.319 e. The summed E-state index contributed by atoms with van der Waals surface area (Å²) in [5, 5.41) is 4.69. The Balaban J connectivity index is 1.68. The van der Waals surface area contributed by atoms with E-state index < -0.39 is 17.5 Å². The molecule has 3 aromatic rings. The maximum absolute atomic E-state index is 13.3. The van der Waals surface area contributed by atoms with Crippen molar-refractivity contribution in [3.05, 3.63) is 82.9 Å². The van der Waals surface area contributed by atoms with Crippen molar-refractivity contribution in [3.63, 3.8) is 0 Å². The molecule has 0 unspecified atom stereocenters. The molecule has 5 heteroatoms. The number of ketones is 1. The van der Waals surface area contributed by atoms with Gasteiger partial charge in [0.15, 0.2) is 5.78 Å². The molecule has 1 aliphatic rings. The number of carbonyl (C=O) groups is 3. The lowest BCUT2D eigenvalue weighted by Gasteiger charge is -2.24. The van der Waals surface area contributed by atoms with Crippen molar-refractivity contribution in [2.24, 2.45) is 0 Å². The molecular weight excluding hydrogens is 364 g/mol. The van der Waals surface area contributed by atoms with E-state index in [9.17, 15) is 14.4 Å². The predicted octanol–water partition coefficient (Wildman–Crippen LogP) is 4.11. The summed E-state index contributed by atoms with van der Waals surface area (Å²) in [6.07, 6.45) is 0. The van der Waals surface area contributed by atoms with Crippen molar-refractivity contribution in [2.45, 2.75) is 26.3 Å². The van der Waals surface area contributed by atoms with Crippen molar-refractivity contribution in [1.29, 1.82) is 0 Å². The summed E-state index contributed by atoms with van der Waals surface area (Å²) in [4.78, 5) is 39.8. The van der Waals surface area contributed by atoms with Crippen LogP contribution in [0.3, 0.4) is 0 Å². The molecule has 1 heterocycles. The number of amides is 3. The molecule has 0 saturated carbocycles. The van der Waals surface area contributed by atoms with E-state index >= 15 is 0 Å². The Bertz CT molecular complexity index is 1160. The van der Waals surface area contributed by atoms with Gasteiger partial charge in [0.1, 0.15) is 5.54 Å². The highest BCUT2D eigenvalue weighted by Crippen LogP contribution is 2.34. The molecule has 0 bridgehead atoms. The number of urea groups is 1. The second-order valence-corrected chi connectivity index (χ2v) is 7.71. The van der Waals surface area contributed by atoms with Gasteiger partial charge in [-0.05, 0) is 48.7 Å². The lowest BCUT2D eigenvalue weighted by Crippen LogP contribution is -2.41. The van der Waals surface area contributed by atoms with Gasteiger partial charge >= 0.3 is 6.03 Å². The molecule has 3 aromatic carbocycles. The molecule has 1 atom stereocenters. The lowest BCUT2D eigenvalue weighted by molar-refractivity contribution is -0.130. The van der Waals surface area contributed by atoms with Crippen molar-refractivity contribution in [3.8, 4) is 0 Å². The van der Waals surface area contributed by atoms with Gasteiger partial charge in [-0.1, -0.05) is 60.2 Å². The Hall–Kier alpha value is -3.47. The summed E-state index contributed by atoms with van der Waals surface area (Å²) in [5.74, 6) is -0.672. The third kappa shape index (κ3) is 3.09. The topological polar surface area (TPSA) is 66.5 Å². The quantitative estimate of drug-likeness (QED) is 0.542. The SMILES string of the molecule is Cc1ccc(C)c(C(=O)CN2C(=O)N[C@](C)(c3cccc4ccccc34)C2=O)c1. The highest BCUT2D eigenvalue weighted by atomic mass is 16.2. The van der Waals surface area contributed by atoms with Gasteiger partial charge in [0, 0.05) is 5.56 Å². The fourth-order valence-electron chi connectivity index (χ4n) is 3.95. The van der Waals surface area contributed by atoms with Crippen LogP contribution in [0, 0.1) is 13.8 Å². The Labute approximate surface area is 169 Å². The van der Waals surface area contributed by atoms with Gasteiger partial charge in [-0.25, -0.2) is 4.79 Å². The highest BCUT2D eigenvalue weighted by molar-refractivity contribution is 6.12. The summed E-state index contributed by atoms with van der Waals surface area (Å²) < 4.78 is 0. The van der Waals surface area contributed by atoms with E-state index in [-0.39, 0.29) is 12.3 Å². The largest absolute Gasteiger partial charge is 0.325 e. The molecule has 1 aliphatic heterocycles. The van der Waals surface area contributed by atoms with Crippen molar-refractivity contribution < 1.29 is 14.4 Å². The fourth-order valence-corrected chi connectivity index (χ4v) is 3.95. The number of nitrogens with one attached hydrogen (secondary N) is 1. The number of hydrogen-bond donors (Lipinski definition) is 1.